The number of fused-ring (bicyclic) bond motifs is 2. The fourth-order valence-electron chi connectivity index (χ4n) is 4.24. The number of pyridine rings is 1. The van der Waals surface area contributed by atoms with Gasteiger partial charge in [0.15, 0.2) is 21.3 Å². The normalized spacial score (nSPS) is 15.2. The van der Waals surface area contributed by atoms with Gasteiger partial charge in [0.1, 0.15) is 0 Å². The predicted octanol–water partition coefficient (Wildman–Crippen LogP) is 3.69. The third-order valence-electron chi connectivity index (χ3n) is 6.13. The number of aliphatic hydroxyl groups is 1. The zero-order chi connectivity index (χ0) is 29.7. The minimum Gasteiger partial charge on any atom is -0.395 e. The Labute approximate surface area is 228 Å². The number of nitrogens with one attached hydrogen (secondary N) is 1. The molecule has 0 saturated carbocycles. The number of halogens is 5. The Morgan fingerprint density at radius 1 is 1.15 bits per heavy atom. The third kappa shape index (κ3) is 5.65. The molecule has 4 aromatic rings. The van der Waals surface area contributed by atoms with Gasteiger partial charge < -0.3 is 24.5 Å². The standard InChI is InChI=1S/C25H19F5N4O6S/c1-41(37,38)15-6-7-16(31-10-15)18(12-35)32-22(36)13-5-8-19-17(9-13)33-23(24(26,27)28)34(19)11-14-3-2-4-20-21(14)40-25(29,30)39-20/h2-10,18,35H,11-12H2,1H3,(H,32,36). The summed E-state index contributed by atoms with van der Waals surface area (Å²) in [6.45, 7) is -1.17. The van der Waals surface area contributed by atoms with E-state index in [1.807, 2.05) is 0 Å². The van der Waals surface area contributed by atoms with E-state index < -0.39 is 59.0 Å². The second-order valence-corrected chi connectivity index (χ2v) is 11.0. The van der Waals surface area contributed by atoms with Crippen molar-refractivity contribution >= 4 is 26.8 Å². The van der Waals surface area contributed by atoms with Gasteiger partial charge in [0.05, 0.1) is 40.8 Å². The molecule has 0 fully saturated rings. The Balaban J connectivity index is 1.45. The first kappa shape index (κ1) is 28.2. The van der Waals surface area contributed by atoms with Crippen molar-refractivity contribution < 1.29 is 49.7 Å². The molecule has 2 aromatic carbocycles. The number of sulfone groups is 1. The van der Waals surface area contributed by atoms with Crippen molar-refractivity contribution in [2.24, 2.45) is 0 Å². The molecule has 2 N–H and O–H groups in total. The number of carbonyl (C=O) groups is 1. The number of para-hydroxylation sites is 1. The molecular weight excluding hydrogens is 579 g/mol. The van der Waals surface area contributed by atoms with Crippen molar-refractivity contribution in [2.45, 2.75) is 30.0 Å². The maximum atomic E-state index is 13.9. The zero-order valence-electron chi connectivity index (χ0n) is 20.8. The van der Waals surface area contributed by atoms with Crippen LogP contribution in [0, 0.1) is 0 Å². The largest absolute Gasteiger partial charge is 0.586 e. The van der Waals surface area contributed by atoms with Gasteiger partial charge >= 0.3 is 12.5 Å². The van der Waals surface area contributed by atoms with Crippen molar-refractivity contribution in [1.29, 1.82) is 0 Å². The van der Waals surface area contributed by atoms with Crippen molar-refractivity contribution in [1.82, 2.24) is 19.9 Å². The van der Waals surface area contributed by atoms with Crippen molar-refractivity contribution in [3.8, 4) is 11.5 Å². The molecule has 1 unspecified atom stereocenters. The summed E-state index contributed by atoms with van der Waals surface area (Å²) in [5, 5.41) is 12.3. The molecule has 1 aliphatic rings. The summed E-state index contributed by atoms with van der Waals surface area (Å²) in [6, 6.07) is 8.88. The monoisotopic (exact) mass is 598 g/mol. The topological polar surface area (TPSA) is 133 Å². The van der Waals surface area contributed by atoms with Gasteiger partial charge in [-0.3, -0.25) is 9.78 Å². The van der Waals surface area contributed by atoms with Crippen molar-refractivity contribution in [3.63, 3.8) is 0 Å². The SMILES string of the molecule is CS(=O)(=O)c1ccc(C(CO)NC(=O)c2ccc3c(c2)nc(C(F)(F)F)n3Cc2cccc3c2OC(F)(F)O3)nc1. The summed E-state index contributed by atoms with van der Waals surface area (Å²) in [6.07, 6.45) is -6.85. The van der Waals surface area contributed by atoms with Crippen LogP contribution in [0.1, 0.15) is 33.5 Å². The summed E-state index contributed by atoms with van der Waals surface area (Å²) in [5.41, 5.74) is -0.235. The van der Waals surface area contributed by atoms with Crippen LogP contribution in [0.4, 0.5) is 22.0 Å². The van der Waals surface area contributed by atoms with Gasteiger partial charge in [-0.1, -0.05) is 12.1 Å². The predicted molar refractivity (Wildman–Crippen MR) is 131 cm³/mol. The van der Waals surface area contributed by atoms with E-state index in [0.29, 0.717) is 0 Å². The maximum Gasteiger partial charge on any atom is 0.586 e. The van der Waals surface area contributed by atoms with E-state index in [-0.39, 0.29) is 38.5 Å². The Morgan fingerprint density at radius 3 is 2.54 bits per heavy atom. The molecule has 216 valence electrons. The van der Waals surface area contributed by atoms with Gasteiger partial charge in [0.2, 0.25) is 5.82 Å². The molecule has 2 aromatic heterocycles. The van der Waals surface area contributed by atoms with Crippen molar-refractivity contribution in [3.05, 3.63) is 77.4 Å². The smallest absolute Gasteiger partial charge is 0.395 e. The molecule has 10 nitrogen and oxygen atoms in total. The molecule has 1 atom stereocenters. The summed E-state index contributed by atoms with van der Waals surface area (Å²) >= 11 is 0. The Kier molecular flexibility index (Phi) is 6.85. The molecule has 0 radical (unpaired) electrons. The van der Waals surface area contributed by atoms with E-state index in [1.165, 1.54) is 42.5 Å². The van der Waals surface area contributed by atoms with Gasteiger partial charge in [0, 0.05) is 23.6 Å². The molecule has 0 bridgehead atoms. The summed E-state index contributed by atoms with van der Waals surface area (Å²) in [4.78, 5) is 20.5. The van der Waals surface area contributed by atoms with Crippen LogP contribution in [0.3, 0.4) is 0 Å². The van der Waals surface area contributed by atoms with E-state index in [0.717, 1.165) is 23.1 Å². The minimum absolute atomic E-state index is 0.0218. The highest BCUT2D eigenvalue weighted by Gasteiger charge is 2.45. The number of aliphatic hydroxyl groups excluding tert-OH is 1. The van der Waals surface area contributed by atoms with E-state index in [2.05, 4.69) is 24.8 Å². The second kappa shape index (κ2) is 9.95. The van der Waals surface area contributed by atoms with Gasteiger partial charge in [-0.15, -0.1) is 8.78 Å². The fourth-order valence-corrected chi connectivity index (χ4v) is 4.80. The van der Waals surface area contributed by atoms with Crippen LogP contribution < -0.4 is 14.8 Å². The quantitative estimate of drug-likeness (QED) is 0.308. The molecule has 0 spiro atoms. The summed E-state index contributed by atoms with van der Waals surface area (Å²) in [7, 11) is -3.53. The van der Waals surface area contributed by atoms with Crippen LogP contribution in [0.2, 0.25) is 0 Å². The highest BCUT2D eigenvalue weighted by molar-refractivity contribution is 7.90. The lowest BCUT2D eigenvalue weighted by Gasteiger charge is -2.16. The number of hydrogen-bond acceptors (Lipinski definition) is 8. The van der Waals surface area contributed by atoms with Crippen LogP contribution in [-0.2, 0) is 22.6 Å². The first-order chi connectivity index (χ1) is 19.2. The average Bonchev–Trinajstić information content (AvgIpc) is 3.43. The number of ether oxygens (including phenoxy) is 2. The van der Waals surface area contributed by atoms with Gasteiger partial charge in [0.25, 0.3) is 5.91 Å². The number of imidazole rings is 1. The molecule has 0 aliphatic carbocycles. The Morgan fingerprint density at radius 2 is 1.90 bits per heavy atom. The van der Waals surface area contributed by atoms with Gasteiger partial charge in [-0.05, 0) is 36.4 Å². The zero-order valence-corrected chi connectivity index (χ0v) is 21.6. The number of carbonyl (C=O) groups excluding carboxylic acids is 1. The third-order valence-corrected chi connectivity index (χ3v) is 7.23. The number of aromatic nitrogens is 3. The average molecular weight is 599 g/mol. The van der Waals surface area contributed by atoms with Crippen LogP contribution in [0.15, 0.2) is 59.6 Å². The molecule has 16 heteroatoms. The lowest BCUT2D eigenvalue weighted by molar-refractivity contribution is -0.287. The second-order valence-electron chi connectivity index (χ2n) is 9.03. The van der Waals surface area contributed by atoms with E-state index in [1.54, 1.807) is 0 Å². The van der Waals surface area contributed by atoms with Crippen LogP contribution in [0.5, 0.6) is 11.5 Å². The van der Waals surface area contributed by atoms with E-state index >= 15 is 0 Å². The Bertz CT molecular complexity index is 1760. The Hall–Kier alpha value is -4.31. The molecule has 5 rings (SSSR count). The first-order valence-corrected chi connectivity index (χ1v) is 13.6. The van der Waals surface area contributed by atoms with Crippen LogP contribution >= 0.6 is 0 Å². The van der Waals surface area contributed by atoms with Crippen molar-refractivity contribution in [2.75, 3.05) is 12.9 Å². The molecule has 0 saturated heterocycles. The highest BCUT2D eigenvalue weighted by atomic mass is 32.2. The fraction of sp³-hybridized carbons (Fsp3) is 0.240. The number of alkyl halides is 5. The first-order valence-electron chi connectivity index (χ1n) is 11.7. The van der Waals surface area contributed by atoms with Gasteiger partial charge in [-0.2, -0.15) is 13.2 Å². The molecule has 3 heterocycles. The number of rotatable bonds is 7. The lowest BCUT2D eigenvalue weighted by atomic mass is 10.1. The summed E-state index contributed by atoms with van der Waals surface area (Å²) in [5.74, 6) is -2.85. The van der Waals surface area contributed by atoms with Gasteiger partial charge in [-0.25, -0.2) is 13.4 Å². The summed E-state index contributed by atoms with van der Waals surface area (Å²) < 4.78 is 102. The molecular formula is C25H19F5N4O6S. The van der Waals surface area contributed by atoms with E-state index in [4.69, 9.17) is 0 Å². The molecule has 1 aliphatic heterocycles. The van der Waals surface area contributed by atoms with Crippen LogP contribution in [-0.4, -0.2) is 53.1 Å². The highest BCUT2D eigenvalue weighted by Crippen LogP contribution is 2.44. The van der Waals surface area contributed by atoms with E-state index in [9.17, 15) is 40.3 Å². The molecule has 1 amide bonds. The number of amides is 1. The number of benzene rings is 2. The van der Waals surface area contributed by atoms with Crippen LogP contribution in [0.25, 0.3) is 11.0 Å². The minimum atomic E-state index is -4.94. The molecule has 41 heavy (non-hydrogen) atoms. The number of nitrogens with zero attached hydrogens (tertiary/aromatic N) is 3. The lowest BCUT2D eigenvalue weighted by Crippen LogP contribution is -2.31. The number of hydrogen-bond donors (Lipinski definition) is 2. The maximum absolute atomic E-state index is 13.9.